The first-order valence-electron chi connectivity index (χ1n) is 3.82. The molecule has 0 aliphatic heterocycles. The van der Waals surface area contributed by atoms with Crippen molar-refractivity contribution < 1.29 is 0 Å². The highest BCUT2D eigenvalue weighted by atomic mass is 32.1. The van der Waals surface area contributed by atoms with E-state index in [2.05, 4.69) is 15.2 Å². The van der Waals surface area contributed by atoms with E-state index < -0.39 is 0 Å². The fraction of sp³-hybridized carbons (Fsp3) is 0. The van der Waals surface area contributed by atoms with Gasteiger partial charge in [0.15, 0.2) is 5.82 Å². The van der Waals surface area contributed by atoms with E-state index in [0.717, 1.165) is 21.1 Å². The normalized spacial score (nSPS) is 11.4. The van der Waals surface area contributed by atoms with Gasteiger partial charge < -0.3 is 5.73 Å². The van der Waals surface area contributed by atoms with E-state index >= 15 is 0 Å². The lowest BCUT2D eigenvalue weighted by molar-refractivity contribution is 1.13. The Labute approximate surface area is 77.4 Å². The van der Waals surface area contributed by atoms with E-state index in [1.807, 2.05) is 11.4 Å². The Hall–Kier alpha value is -1.62. The lowest BCUT2D eigenvalue weighted by atomic mass is 10.2. The summed E-state index contributed by atoms with van der Waals surface area (Å²) in [6.07, 6.45) is 1.76. The van der Waals surface area contributed by atoms with Crippen molar-refractivity contribution >= 4 is 38.3 Å². The average molecular weight is 190 g/mol. The van der Waals surface area contributed by atoms with E-state index in [0.29, 0.717) is 5.82 Å². The van der Waals surface area contributed by atoms with E-state index in [9.17, 15) is 0 Å². The fourth-order valence-corrected chi connectivity index (χ4v) is 2.16. The number of anilines is 1. The molecule has 0 aliphatic carbocycles. The molecule has 0 aliphatic rings. The predicted octanol–water partition coefficient (Wildman–Crippen LogP) is 1.75. The minimum absolute atomic E-state index is 0.510. The SMILES string of the molecule is Nc1n[nH]c2c1cnc1sccc12. The molecule has 13 heavy (non-hydrogen) atoms. The highest BCUT2D eigenvalue weighted by Gasteiger charge is 2.07. The number of aromatic amines is 1. The second kappa shape index (κ2) is 2.20. The van der Waals surface area contributed by atoms with E-state index in [1.54, 1.807) is 17.5 Å². The second-order valence-electron chi connectivity index (χ2n) is 2.80. The van der Waals surface area contributed by atoms with Crippen molar-refractivity contribution in [3.05, 3.63) is 17.6 Å². The fourth-order valence-electron chi connectivity index (χ4n) is 1.42. The van der Waals surface area contributed by atoms with Crippen molar-refractivity contribution in [1.82, 2.24) is 15.2 Å². The Bertz CT molecular complexity index is 580. The lowest BCUT2D eigenvalue weighted by Gasteiger charge is -1.90. The van der Waals surface area contributed by atoms with Crippen LogP contribution in [-0.2, 0) is 0 Å². The monoisotopic (exact) mass is 190 g/mol. The molecule has 3 aromatic rings. The third kappa shape index (κ3) is 0.790. The Morgan fingerprint density at radius 3 is 3.23 bits per heavy atom. The van der Waals surface area contributed by atoms with Gasteiger partial charge in [-0.15, -0.1) is 11.3 Å². The second-order valence-corrected chi connectivity index (χ2v) is 3.69. The topological polar surface area (TPSA) is 67.6 Å². The van der Waals surface area contributed by atoms with Gasteiger partial charge in [-0.2, -0.15) is 5.10 Å². The largest absolute Gasteiger partial charge is 0.382 e. The van der Waals surface area contributed by atoms with Gasteiger partial charge in [0.1, 0.15) is 4.83 Å². The molecule has 3 heterocycles. The van der Waals surface area contributed by atoms with Gasteiger partial charge in [0.2, 0.25) is 0 Å². The molecule has 3 rings (SSSR count). The van der Waals surface area contributed by atoms with Crippen LogP contribution in [0.3, 0.4) is 0 Å². The maximum atomic E-state index is 5.66. The summed E-state index contributed by atoms with van der Waals surface area (Å²) in [4.78, 5) is 5.29. The number of hydrogen-bond donors (Lipinski definition) is 2. The maximum absolute atomic E-state index is 5.66. The molecule has 0 aromatic carbocycles. The molecule has 0 amide bonds. The van der Waals surface area contributed by atoms with E-state index in [4.69, 9.17) is 5.73 Å². The average Bonchev–Trinajstić information content (AvgIpc) is 2.70. The van der Waals surface area contributed by atoms with E-state index in [-0.39, 0.29) is 0 Å². The van der Waals surface area contributed by atoms with Gasteiger partial charge in [-0.05, 0) is 11.4 Å². The molecule has 64 valence electrons. The number of fused-ring (bicyclic) bond motifs is 3. The number of hydrogen-bond acceptors (Lipinski definition) is 4. The minimum atomic E-state index is 0.510. The number of H-pyrrole nitrogens is 1. The molecule has 0 bridgehead atoms. The summed E-state index contributed by atoms with van der Waals surface area (Å²) in [5.74, 6) is 0.510. The van der Waals surface area contributed by atoms with Gasteiger partial charge in [-0.3, -0.25) is 5.10 Å². The zero-order valence-electron chi connectivity index (χ0n) is 6.61. The van der Waals surface area contributed by atoms with Crippen molar-refractivity contribution in [3.63, 3.8) is 0 Å². The summed E-state index contributed by atoms with van der Waals surface area (Å²) >= 11 is 1.61. The molecular formula is C8H6N4S. The van der Waals surface area contributed by atoms with Crippen LogP contribution in [-0.4, -0.2) is 15.2 Å². The van der Waals surface area contributed by atoms with Crippen molar-refractivity contribution in [1.29, 1.82) is 0 Å². The van der Waals surface area contributed by atoms with Crippen LogP contribution in [0.15, 0.2) is 17.6 Å². The number of rotatable bonds is 0. The smallest absolute Gasteiger partial charge is 0.154 e. The molecule has 0 unspecified atom stereocenters. The standard InChI is InChI=1S/C8H6N4S/c9-7-5-3-10-8-4(1-2-13-8)6(5)11-12-7/h1-3H,(H3,9,11,12). The molecule has 0 radical (unpaired) electrons. The van der Waals surface area contributed by atoms with Gasteiger partial charge in [-0.25, -0.2) is 4.98 Å². The van der Waals surface area contributed by atoms with Crippen LogP contribution >= 0.6 is 11.3 Å². The molecule has 0 fully saturated rings. The van der Waals surface area contributed by atoms with Crippen LogP contribution in [0.2, 0.25) is 0 Å². The van der Waals surface area contributed by atoms with Crippen LogP contribution < -0.4 is 5.73 Å². The van der Waals surface area contributed by atoms with Crippen LogP contribution in [0, 0.1) is 0 Å². The third-order valence-electron chi connectivity index (χ3n) is 2.06. The van der Waals surface area contributed by atoms with Gasteiger partial charge in [0.25, 0.3) is 0 Å². The zero-order chi connectivity index (χ0) is 8.84. The van der Waals surface area contributed by atoms with Gasteiger partial charge >= 0.3 is 0 Å². The summed E-state index contributed by atoms with van der Waals surface area (Å²) < 4.78 is 0. The van der Waals surface area contributed by atoms with Gasteiger partial charge in [0, 0.05) is 11.6 Å². The summed E-state index contributed by atoms with van der Waals surface area (Å²) in [7, 11) is 0. The van der Waals surface area contributed by atoms with Crippen molar-refractivity contribution in [2.24, 2.45) is 0 Å². The van der Waals surface area contributed by atoms with Crippen molar-refractivity contribution in [2.75, 3.05) is 5.73 Å². The Morgan fingerprint density at radius 1 is 1.38 bits per heavy atom. The molecule has 5 heteroatoms. The Balaban J connectivity index is 2.66. The van der Waals surface area contributed by atoms with Crippen LogP contribution in [0.5, 0.6) is 0 Å². The highest BCUT2D eigenvalue weighted by Crippen LogP contribution is 2.27. The van der Waals surface area contributed by atoms with E-state index in [1.165, 1.54) is 0 Å². The Kier molecular flexibility index (Phi) is 1.16. The number of thiophene rings is 1. The number of aromatic nitrogens is 3. The van der Waals surface area contributed by atoms with Gasteiger partial charge in [0.05, 0.1) is 10.9 Å². The molecule has 3 aromatic heterocycles. The summed E-state index contributed by atoms with van der Waals surface area (Å²) in [6, 6.07) is 2.02. The number of nitrogens with zero attached hydrogens (tertiary/aromatic N) is 2. The molecule has 0 saturated heterocycles. The highest BCUT2D eigenvalue weighted by molar-refractivity contribution is 7.16. The first-order chi connectivity index (χ1) is 6.36. The number of nitrogens with one attached hydrogen (secondary N) is 1. The predicted molar refractivity (Wildman–Crippen MR) is 53.7 cm³/mol. The molecular weight excluding hydrogens is 184 g/mol. The zero-order valence-corrected chi connectivity index (χ0v) is 7.43. The van der Waals surface area contributed by atoms with Crippen molar-refractivity contribution in [3.8, 4) is 0 Å². The first-order valence-corrected chi connectivity index (χ1v) is 4.70. The molecule has 0 spiro atoms. The van der Waals surface area contributed by atoms with Crippen LogP contribution in [0.25, 0.3) is 21.1 Å². The molecule has 3 N–H and O–H groups in total. The number of pyridine rings is 1. The lowest BCUT2D eigenvalue weighted by Crippen LogP contribution is -1.83. The summed E-state index contributed by atoms with van der Waals surface area (Å²) in [5.41, 5.74) is 6.63. The quantitative estimate of drug-likeness (QED) is 0.567. The number of nitrogen functional groups attached to an aromatic ring is 1. The van der Waals surface area contributed by atoms with Crippen LogP contribution in [0.1, 0.15) is 0 Å². The van der Waals surface area contributed by atoms with Crippen LogP contribution in [0.4, 0.5) is 5.82 Å². The third-order valence-corrected chi connectivity index (χ3v) is 2.88. The molecule has 0 atom stereocenters. The maximum Gasteiger partial charge on any atom is 0.154 e. The van der Waals surface area contributed by atoms with Crippen molar-refractivity contribution in [2.45, 2.75) is 0 Å². The summed E-state index contributed by atoms with van der Waals surface area (Å²) in [6.45, 7) is 0. The summed E-state index contributed by atoms with van der Waals surface area (Å²) in [5, 5.41) is 10.8. The number of nitrogens with two attached hydrogens (primary N) is 1. The Morgan fingerprint density at radius 2 is 2.31 bits per heavy atom. The molecule has 0 saturated carbocycles. The van der Waals surface area contributed by atoms with Gasteiger partial charge in [-0.1, -0.05) is 0 Å². The first kappa shape index (κ1) is 6.85. The molecule has 4 nitrogen and oxygen atoms in total. The minimum Gasteiger partial charge on any atom is -0.382 e.